The molecule has 0 saturated heterocycles. The number of carbonyl (C=O) groups excluding carboxylic acids is 1. The Bertz CT molecular complexity index is 1970. The molecule has 1 amide bonds. The van der Waals surface area contributed by atoms with Crippen molar-refractivity contribution < 1.29 is 9.21 Å². The van der Waals surface area contributed by atoms with Crippen LogP contribution >= 0.6 is 34.5 Å². The zero-order valence-corrected chi connectivity index (χ0v) is 23.4. The van der Waals surface area contributed by atoms with Crippen molar-refractivity contribution in [3.8, 4) is 11.3 Å². The largest absolute Gasteiger partial charge is 0.457 e. The van der Waals surface area contributed by atoms with Crippen molar-refractivity contribution in [1.29, 1.82) is 0 Å². The van der Waals surface area contributed by atoms with Gasteiger partial charge in [0.05, 0.1) is 21.8 Å². The molecule has 40 heavy (non-hydrogen) atoms. The van der Waals surface area contributed by atoms with Crippen LogP contribution in [0.4, 0.5) is 5.69 Å². The summed E-state index contributed by atoms with van der Waals surface area (Å²) in [6, 6.07) is 26.6. The van der Waals surface area contributed by atoms with E-state index in [1.54, 1.807) is 43.3 Å². The summed E-state index contributed by atoms with van der Waals surface area (Å²) in [6.07, 6.45) is 1.69. The van der Waals surface area contributed by atoms with E-state index in [2.05, 4.69) is 10.3 Å². The highest BCUT2D eigenvalue weighted by molar-refractivity contribution is 7.07. The first kappa shape index (κ1) is 26.1. The van der Waals surface area contributed by atoms with Crippen LogP contribution in [0, 0.1) is 0 Å². The van der Waals surface area contributed by atoms with Crippen LogP contribution in [0.2, 0.25) is 10.0 Å². The Balaban J connectivity index is 1.47. The van der Waals surface area contributed by atoms with Gasteiger partial charge in [-0.1, -0.05) is 83.1 Å². The molecule has 9 heteroatoms. The van der Waals surface area contributed by atoms with Gasteiger partial charge in [-0.3, -0.25) is 14.2 Å². The first-order valence-electron chi connectivity index (χ1n) is 12.4. The molecule has 0 fully saturated rings. The highest BCUT2D eigenvalue weighted by Gasteiger charge is 2.33. The Morgan fingerprint density at radius 1 is 1.00 bits per heavy atom. The van der Waals surface area contributed by atoms with Gasteiger partial charge in [0.2, 0.25) is 0 Å². The van der Waals surface area contributed by atoms with Crippen LogP contribution in [0.3, 0.4) is 0 Å². The Morgan fingerprint density at radius 2 is 1.77 bits per heavy atom. The summed E-state index contributed by atoms with van der Waals surface area (Å²) >= 11 is 14.0. The van der Waals surface area contributed by atoms with E-state index in [0.29, 0.717) is 53.4 Å². The molecule has 0 spiro atoms. The lowest BCUT2D eigenvalue weighted by Gasteiger charge is -2.26. The van der Waals surface area contributed by atoms with Gasteiger partial charge in [0.1, 0.15) is 11.5 Å². The van der Waals surface area contributed by atoms with E-state index in [1.165, 1.54) is 15.9 Å². The maximum Gasteiger partial charge on any atom is 0.271 e. The lowest BCUT2D eigenvalue weighted by atomic mass is 9.95. The zero-order valence-electron chi connectivity index (χ0n) is 21.1. The molecule has 0 bridgehead atoms. The Morgan fingerprint density at radius 3 is 2.55 bits per heavy atom. The standard InChI is InChI=1S/C31H21Cl2N3O3S/c1-18-27(29(37)35-21-10-3-2-4-11-21)28(23-12-5-6-13-24(23)33)36-30(38)26(40-31(36)34-18)17-22-14-15-25(39-22)19-8-7-9-20(32)16-19/h2-17,28H,1H3,(H,35,37)/t28-/m0/s1. The minimum atomic E-state index is -0.769. The number of furan rings is 1. The van der Waals surface area contributed by atoms with Crippen molar-refractivity contribution in [2.24, 2.45) is 4.99 Å². The topological polar surface area (TPSA) is 76.6 Å². The number of fused-ring (bicyclic) bond motifs is 1. The summed E-state index contributed by atoms with van der Waals surface area (Å²) in [7, 11) is 0. The third kappa shape index (κ3) is 4.95. The number of nitrogens with zero attached hydrogens (tertiary/aromatic N) is 2. The number of anilines is 1. The number of hydrogen-bond acceptors (Lipinski definition) is 5. The molecule has 1 N–H and O–H groups in total. The normalized spacial score (nSPS) is 15.1. The second-order valence-electron chi connectivity index (χ2n) is 9.14. The minimum Gasteiger partial charge on any atom is -0.457 e. The highest BCUT2D eigenvalue weighted by atomic mass is 35.5. The predicted molar refractivity (Wildman–Crippen MR) is 159 cm³/mol. The van der Waals surface area contributed by atoms with Crippen LogP contribution < -0.4 is 20.2 Å². The molecule has 1 atom stereocenters. The van der Waals surface area contributed by atoms with Gasteiger partial charge in [-0.05, 0) is 55.0 Å². The molecular formula is C31H21Cl2N3O3S. The third-order valence-electron chi connectivity index (χ3n) is 6.51. The number of rotatable bonds is 5. The van der Waals surface area contributed by atoms with E-state index >= 15 is 0 Å². The Labute approximate surface area is 243 Å². The van der Waals surface area contributed by atoms with E-state index in [1.807, 2.05) is 60.7 Å². The summed E-state index contributed by atoms with van der Waals surface area (Å²) in [4.78, 5) is 32.7. The molecule has 0 aliphatic carbocycles. The lowest BCUT2D eigenvalue weighted by molar-refractivity contribution is -0.113. The quantitative estimate of drug-likeness (QED) is 0.258. The van der Waals surface area contributed by atoms with Crippen LogP contribution in [0.5, 0.6) is 0 Å². The van der Waals surface area contributed by atoms with Crippen LogP contribution in [-0.4, -0.2) is 10.5 Å². The molecular weight excluding hydrogens is 565 g/mol. The number of carbonyl (C=O) groups is 1. The fourth-order valence-electron chi connectivity index (χ4n) is 4.68. The molecule has 1 aliphatic heterocycles. The summed E-state index contributed by atoms with van der Waals surface area (Å²) in [5.41, 5.74) is 2.65. The second-order valence-corrected chi connectivity index (χ2v) is 11.0. The second kappa shape index (κ2) is 10.8. The molecule has 2 aromatic heterocycles. The van der Waals surface area contributed by atoms with Crippen molar-refractivity contribution in [2.45, 2.75) is 13.0 Å². The van der Waals surface area contributed by atoms with Crippen LogP contribution in [-0.2, 0) is 4.79 Å². The summed E-state index contributed by atoms with van der Waals surface area (Å²) in [5.74, 6) is 0.780. The average molecular weight is 587 g/mol. The minimum absolute atomic E-state index is 0.299. The number of thiazole rings is 1. The van der Waals surface area contributed by atoms with Gasteiger partial charge in [-0.15, -0.1) is 0 Å². The fraction of sp³-hybridized carbons (Fsp3) is 0.0645. The number of halogens is 2. The van der Waals surface area contributed by atoms with E-state index in [4.69, 9.17) is 27.6 Å². The number of para-hydroxylation sites is 1. The van der Waals surface area contributed by atoms with Gasteiger partial charge < -0.3 is 9.73 Å². The summed E-state index contributed by atoms with van der Waals surface area (Å²) in [5, 5.41) is 3.98. The first-order valence-corrected chi connectivity index (χ1v) is 14.0. The molecule has 0 saturated carbocycles. The molecule has 6 rings (SSSR count). The third-order valence-corrected chi connectivity index (χ3v) is 8.07. The maximum atomic E-state index is 13.9. The number of benzene rings is 3. The highest BCUT2D eigenvalue weighted by Crippen LogP contribution is 2.34. The van der Waals surface area contributed by atoms with Crippen molar-refractivity contribution in [3.05, 3.63) is 143 Å². The number of allylic oxidation sites excluding steroid dienone is 1. The number of aromatic nitrogens is 1. The molecule has 6 nitrogen and oxygen atoms in total. The molecule has 3 heterocycles. The maximum absolute atomic E-state index is 13.9. The number of hydrogen-bond donors (Lipinski definition) is 1. The van der Waals surface area contributed by atoms with Crippen molar-refractivity contribution >= 4 is 52.2 Å². The first-order chi connectivity index (χ1) is 19.4. The Hall–Kier alpha value is -4.17. The van der Waals surface area contributed by atoms with Gasteiger partial charge >= 0.3 is 0 Å². The summed E-state index contributed by atoms with van der Waals surface area (Å²) < 4.78 is 7.96. The van der Waals surface area contributed by atoms with E-state index < -0.39 is 6.04 Å². The lowest BCUT2D eigenvalue weighted by Crippen LogP contribution is -2.40. The van der Waals surface area contributed by atoms with Crippen molar-refractivity contribution in [1.82, 2.24) is 4.57 Å². The van der Waals surface area contributed by atoms with Crippen molar-refractivity contribution in [3.63, 3.8) is 0 Å². The molecule has 5 aromatic rings. The molecule has 1 aliphatic rings. The van der Waals surface area contributed by atoms with E-state index in [0.717, 1.165) is 5.56 Å². The molecule has 0 unspecified atom stereocenters. The fourth-order valence-corrected chi connectivity index (χ4v) is 6.14. The number of amides is 1. The van der Waals surface area contributed by atoms with Gasteiger partial charge in [-0.2, -0.15) is 0 Å². The molecule has 0 radical (unpaired) electrons. The Kier molecular flexibility index (Phi) is 7.02. The molecule has 3 aromatic carbocycles. The van der Waals surface area contributed by atoms with Gasteiger partial charge in [0.25, 0.3) is 11.5 Å². The van der Waals surface area contributed by atoms with Gasteiger partial charge in [0.15, 0.2) is 4.80 Å². The number of nitrogens with one attached hydrogen (secondary N) is 1. The predicted octanol–water partition coefficient (Wildman–Crippen LogP) is 6.44. The van der Waals surface area contributed by atoms with Crippen LogP contribution in [0.15, 0.2) is 116 Å². The monoisotopic (exact) mass is 585 g/mol. The average Bonchev–Trinajstić information content (AvgIpc) is 3.53. The SMILES string of the molecule is CC1=C(C(=O)Nc2ccccc2)[C@H](c2ccccc2Cl)n2c(sc(=Cc3ccc(-c4cccc(Cl)c4)o3)c2=O)=N1. The zero-order chi connectivity index (χ0) is 27.8. The molecule has 198 valence electrons. The van der Waals surface area contributed by atoms with E-state index in [9.17, 15) is 9.59 Å². The van der Waals surface area contributed by atoms with Gasteiger partial charge in [0, 0.05) is 27.4 Å². The summed E-state index contributed by atoms with van der Waals surface area (Å²) in [6.45, 7) is 1.77. The van der Waals surface area contributed by atoms with Crippen LogP contribution in [0.25, 0.3) is 17.4 Å². The van der Waals surface area contributed by atoms with Gasteiger partial charge in [-0.25, -0.2) is 4.99 Å². The van der Waals surface area contributed by atoms with E-state index in [-0.39, 0.29) is 11.5 Å². The van der Waals surface area contributed by atoms with Crippen LogP contribution in [0.1, 0.15) is 24.3 Å². The van der Waals surface area contributed by atoms with Crippen molar-refractivity contribution in [2.75, 3.05) is 5.32 Å². The smallest absolute Gasteiger partial charge is 0.271 e.